The summed E-state index contributed by atoms with van der Waals surface area (Å²) in [5.41, 5.74) is 0. The molecule has 5 atom stereocenters. The van der Waals surface area contributed by atoms with E-state index in [-0.39, 0.29) is 42.8 Å². The second kappa shape index (κ2) is 9.60. The van der Waals surface area contributed by atoms with E-state index in [1.54, 1.807) is 6.92 Å². The predicted molar refractivity (Wildman–Crippen MR) is 100 cm³/mol. The number of unbranched alkanes of at least 4 members (excludes halogenated alkanes) is 2. The van der Waals surface area contributed by atoms with Crippen molar-refractivity contribution in [3.8, 4) is 0 Å². The molecule has 166 valence electrons. The van der Waals surface area contributed by atoms with Crippen molar-refractivity contribution in [2.75, 3.05) is 0 Å². The number of alkyl halides is 2. The average molecular weight is 418 g/mol. The molecule has 0 unspecified atom stereocenters. The second-order valence-electron chi connectivity index (χ2n) is 8.67. The van der Waals surface area contributed by atoms with E-state index in [0.717, 1.165) is 0 Å². The molecule has 1 aliphatic heterocycles. The molecule has 2 N–H and O–H groups in total. The summed E-state index contributed by atoms with van der Waals surface area (Å²) in [6.45, 7) is 3.53. The van der Waals surface area contributed by atoms with Crippen molar-refractivity contribution in [2.45, 2.75) is 95.9 Å². The minimum absolute atomic E-state index is 0.0264. The maximum atomic E-state index is 14.7. The minimum atomic E-state index is -3.37. The fourth-order valence-electron chi connectivity index (χ4n) is 4.51. The lowest BCUT2D eigenvalue weighted by atomic mass is 9.81. The third kappa shape index (κ3) is 5.60. The number of carboxylic acid groups (broad SMARTS) is 1. The first-order chi connectivity index (χ1) is 13.5. The molecule has 0 spiro atoms. The number of carbonyl (C=O) groups is 3. The van der Waals surface area contributed by atoms with E-state index in [1.807, 2.05) is 6.92 Å². The zero-order chi connectivity index (χ0) is 21.8. The van der Waals surface area contributed by atoms with Gasteiger partial charge in [-0.25, -0.2) is 13.6 Å². The van der Waals surface area contributed by atoms with Gasteiger partial charge in [-0.2, -0.15) is 0 Å². The van der Waals surface area contributed by atoms with E-state index >= 15 is 0 Å². The van der Waals surface area contributed by atoms with Crippen molar-refractivity contribution >= 4 is 17.5 Å². The van der Waals surface area contributed by atoms with Gasteiger partial charge in [0.05, 0.1) is 6.10 Å². The number of aliphatic carboxylic acids is 1. The molecular formula is C21H32F2O6. The molecule has 0 amide bonds. The maximum absolute atomic E-state index is 14.7. The average Bonchev–Trinajstić information content (AvgIpc) is 2.94. The second-order valence-corrected chi connectivity index (χ2v) is 8.67. The molecule has 0 aromatic rings. The number of halogens is 2. The molecule has 0 bridgehead atoms. The summed E-state index contributed by atoms with van der Waals surface area (Å²) in [5, 5.41) is 19.1. The van der Waals surface area contributed by atoms with E-state index in [1.165, 1.54) is 0 Å². The Morgan fingerprint density at radius 2 is 2.00 bits per heavy atom. The number of carboxylic acids is 1. The number of aliphatic hydroxyl groups is 1. The Kier molecular flexibility index (Phi) is 7.90. The van der Waals surface area contributed by atoms with Gasteiger partial charge in [0.25, 0.3) is 0 Å². The number of fused-ring (bicyclic) bond motifs is 1. The van der Waals surface area contributed by atoms with E-state index < -0.39 is 36.0 Å². The van der Waals surface area contributed by atoms with Crippen LogP contribution in [0.25, 0.3) is 0 Å². The monoisotopic (exact) mass is 418 g/mol. The molecular weight excluding hydrogens is 386 g/mol. The van der Waals surface area contributed by atoms with Crippen molar-refractivity contribution < 1.29 is 38.1 Å². The SMILES string of the molecule is CC[C@H](C)CC(F)(F)[C@@]1(O)CC[C@H]2[C@@H](CC(=O)[C@@H]2CCCCCC(=O)C(=O)O)O1. The quantitative estimate of drug-likeness (QED) is 0.392. The van der Waals surface area contributed by atoms with Crippen LogP contribution in [0.4, 0.5) is 8.78 Å². The van der Waals surface area contributed by atoms with Crippen LogP contribution in [-0.2, 0) is 19.1 Å². The van der Waals surface area contributed by atoms with Crippen LogP contribution in [0.15, 0.2) is 0 Å². The Morgan fingerprint density at radius 3 is 2.62 bits per heavy atom. The summed E-state index contributed by atoms with van der Waals surface area (Å²) in [4.78, 5) is 34.0. The van der Waals surface area contributed by atoms with Crippen LogP contribution < -0.4 is 0 Å². The number of ether oxygens (including phenoxy) is 1. The lowest BCUT2D eigenvalue weighted by molar-refractivity contribution is -0.358. The zero-order valence-corrected chi connectivity index (χ0v) is 17.2. The van der Waals surface area contributed by atoms with Gasteiger partial charge in [-0.1, -0.05) is 33.1 Å². The molecule has 1 saturated heterocycles. The first kappa shape index (κ1) is 23.9. The molecule has 1 aliphatic carbocycles. The Hall–Kier alpha value is -1.41. The lowest BCUT2D eigenvalue weighted by Crippen LogP contribution is -2.56. The summed E-state index contributed by atoms with van der Waals surface area (Å²) in [5.74, 6) is -8.89. The molecule has 0 radical (unpaired) electrons. The van der Waals surface area contributed by atoms with Crippen LogP contribution >= 0.6 is 0 Å². The van der Waals surface area contributed by atoms with E-state index in [9.17, 15) is 28.3 Å². The van der Waals surface area contributed by atoms with Gasteiger partial charge in [-0.05, 0) is 31.1 Å². The molecule has 29 heavy (non-hydrogen) atoms. The van der Waals surface area contributed by atoms with Gasteiger partial charge < -0.3 is 14.9 Å². The summed E-state index contributed by atoms with van der Waals surface area (Å²) in [6.07, 6.45) is 1.84. The standard InChI is InChI=1S/C21H32F2O6/c1-3-13(2)12-20(22,23)21(28)10-9-15-14(17(25)11-18(15)29-21)7-5-4-6-8-16(24)19(26)27/h13-15,18,28H,3-12H2,1-2H3,(H,26,27)/t13-,14+,15+,18+,21+/m0/s1. The normalized spacial score (nSPS) is 30.8. The van der Waals surface area contributed by atoms with E-state index in [4.69, 9.17) is 9.84 Å². The molecule has 0 aromatic carbocycles. The third-order valence-corrected chi connectivity index (χ3v) is 6.50. The van der Waals surface area contributed by atoms with Crippen molar-refractivity contribution in [3.63, 3.8) is 0 Å². The molecule has 2 rings (SSSR count). The van der Waals surface area contributed by atoms with E-state index in [0.29, 0.717) is 38.5 Å². The van der Waals surface area contributed by atoms with Crippen LogP contribution in [-0.4, -0.2) is 45.6 Å². The zero-order valence-electron chi connectivity index (χ0n) is 17.2. The Balaban J connectivity index is 1.87. The Labute approximate surface area is 170 Å². The number of ketones is 2. The highest BCUT2D eigenvalue weighted by Gasteiger charge is 2.60. The van der Waals surface area contributed by atoms with Gasteiger partial charge in [-0.3, -0.25) is 9.59 Å². The summed E-state index contributed by atoms with van der Waals surface area (Å²) in [6, 6.07) is 0. The number of rotatable bonds is 11. The van der Waals surface area contributed by atoms with Gasteiger partial charge in [0.1, 0.15) is 5.78 Å². The number of Topliss-reactive ketones (excluding diaryl/α,β-unsaturated/α-hetero) is 2. The highest BCUT2D eigenvalue weighted by molar-refractivity contribution is 6.32. The largest absolute Gasteiger partial charge is 0.476 e. The molecule has 2 aliphatic rings. The highest BCUT2D eigenvalue weighted by atomic mass is 19.3. The van der Waals surface area contributed by atoms with Gasteiger partial charge in [0.15, 0.2) is 0 Å². The van der Waals surface area contributed by atoms with Crippen molar-refractivity contribution in [2.24, 2.45) is 17.8 Å². The molecule has 1 saturated carbocycles. The fraction of sp³-hybridized carbons (Fsp3) is 0.857. The fourth-order valence-corrected chi connectivity index (χ4v) is 4.51. The third-order valence-electron chi connectivity index (χ3n) is 6.50. The maximum Gasteiger partial charge on any atom is 0.372 e. The smallest absolute Gasteiger partial charge is 0.372 e. The molecule has 2 fully saturated rings. The van der Waals surface area contributed by atoms with Crippen LogP contribution in [0.1, 0.15) is 78.1 Å². The van der Waals surface area contributed by atoms with Crippen LogP contribution in [0, 0.1) is 17.8 Å². The van der Waals surface area contributed by atoms with Gasteiger partial charge in [0, 0.05) is 31.6 Å². The first-order valence-electron chi connectivity index (χ1n) is 10.6. The number of carbonyl (C=O) groups excluding carboxylic acids is 2. The van der Waals surface area contributed by atoms with Crippen LogP contribution in [0.3, 0.4) is 0 Å². The molecule has 6 nitrogen and oxygen atoms in total. The highest BCUT2D eigenvalue weighted by Crippen LogP contribution is 2.50. The Bertz CT molecular complexity index is 622. The van der Waals surface area contributed by atoms with Crippen LogP contribution in [0.5, 0.6) is 0 Å². The Morgan fingerprint density at radius 1 is 1.31 bits per heavy atom. The van der Waals surface area contributed by atoms with Crippen molar-refractivity contribution in [1.29, 1.82) is 0 Å². The number of hydrogen-bond donors (Lipinski definition) is 2. The van der Waals surface area contributed by atoms with E-state index in [2.05, 4.69) is 0 Å². The summed E-state index contributed by atoms with van der Waals surface area (Å²) < 4.78 is 34.8. The van der Waals surface area contributed by atoms with Crippen molar-refractivity contribution in [1.82, 2.24) is 0 Å². The predicted octanol–water partition coefficient (Wildman–Crippen LogP) is 3.73. The topological polar surface area (TPSA) is 101 Å². The first-order valence-corrected chi connectivity index (χ1v) is 10.6. The van der Waals surface area contributed by atoms with Gasteiger partial charge in [-0.15, -0.1) is 0 Å². The summed E-state index contributed by atoms with van der Waals surface area (Å²) in [7, 11) is 0. The molecule has 1 heterocycles. The molecule has 8 heteroatoms. The number of hydrogen-bond acceptors (Lipinski definition) is 5. The minimum Gasteiger partial charge on any atom is -0.476 e. The van der Waals surface area contributed by atoms with Crippen molar-refractivity contribution in [3.05, 3.63) is 0 Å². The lowest BCUT2D eigenvalue weighted by Gasteiger charge is -2.44. The van der Waals surface area contributed by atoms with Gasteiger partial charge >= 0.3 is 11.9 Å². The molecule has 0 aromatic heterocycles. The summed E-state index contributed by atoms with van der Waals surface area (Å²) >= 11 is 0. The van der Waals surface area contributed by atoms with Crippen LogP contribution in [0.2, 0.25) is 0 Å². The van der Waals surface area contributed by atoms with Gasteiger partial charge in [0.2, 0.25) is 11.6 Å².